The van der Waals surface area contributed by atoms with Crippen molar-refractivity contribution in [2.75, 3.05) is 0 Å². The zero-order chi connectivity index (χ0) is 19.8. The number of hydrogen-bond acceptors (Lipinski definition) is 4. The third kappa shape index (κ3) is 4.11. The van der Waals surface area contributed by atoms with Gasteiger partial charge in [-0.15, -0.1) is 0 Å². The Morgan fingerprint density at radius 1 is 1.04 bits per heavy atom. The lowest BCUT2D eigenvalue weighted by Gasteiger charge is -2.09. The van der Waals surface area contributed by atoms with Crippen molar-refractivity contribution in [1.82, 2.24) is 14.8 Å². The summed E-state index contributed by atoms with van der Waals surface area (Å²) in [7, 11) is 0. The minimum Gasteiger partial charge on any atom is -0.266 e. The first-order valence-electron chi connectivity index (χ1n) is 7.11. The van der Waals surface area contributed by atoms with Gasteiger partial charge in [-0.1, -0.05) is 23.4 Å². The molecule has 0 saturated heterocycles. The van der Waals surface area contributed by atoms with Gasteiger partial charge >= 0.3 is 6.18 Å². The van der Waals surface area contributed by atoms with E-state index in [0.717, 1.165) is 36.2 Å². The Balaban J connectivity index is 1.94. The molecule has 2 aromatic heterocycles. The second kappa shape index (κ2) is 7.28. The molecule has 0 spiro atoms. The third-order valence-corrected chi connectivity index (χ3v) is 4.85. The number of benzene rings is 1. The molecular weight excluding hydrogens is 413 g/mol. The molecule has 3 aromatic rings. The van der Waals surface area contributed by atoms with Gasteiger partial charge in [-0.05, 0) is 24.3 Å². The number of rotatable bonds is 3. The van der Waals surface area contributed by atoms with Crippen LogP contribution in [0.25, 0.3) is 5.82 Å². The molecule has 0 N–H and O–H groups in total. The molecule has 4 nitrogen and oxygen atoms in total. The molecule has 0 fully saturated rings. The van der Waals surface area contributed by atoms with Gasteiger partial charge < -0.3 is 0 Å². The summed E-state index contributed by atoms with van der Waals surface area (Å²) in [6, 6.07) is 4.62. The van der Waals surface area contributed by atoms with Crippen LogP contribution in [0.15, 0.2) is 57.3 Å². The Morgan fingerprint density at radius 2 is 1.78 bits per heavy atom. The second-order valence-electron chi connectivity index (χ2n) is 5.12. The fourth-order valence-corrected chi connectivity index (χ4v) is 3.06. The average Bonchev–Trinajstić information content (AvgIpc) is 2.60. The monoisotopic (exact) mass is 419 g/mol. The first kappa shape index (κ1) is 19.3. The molecule has 0 saturated carbocycles. The highest BCUT2D eigenvalue weighted by molar-refractivity contribution is 7.99. The summed E-state index contributed by atoms with van der Waals surface area (Å²) in [4.78, 5) is 16.0. The zero-order valence-corrected chi connectivity index (χ0v) is 14.5. The highest BCUT2D eigenvalue weighted by atomic mass is 35.5. The average molecular weight is 420 g/mol. The minimum atomic E-state index is -4.57. The van der Waals surface area contributed by atoms with Gasteiger partial charge in [-0.3, -0.25) is 4.79 Å². The fourth-order valence-electron chi connectivity index (χ4n) is 2.01. The zero-order valence-electron chi connectivity index (χ0n) is 13.0. The van der Waals surface area contributed by atoms with Crippen molar-refractivity contribution >= 4 is 23.4 Å². The molecule has 2 heterocycles. The number of alkyl halides is 3. The van der Waals surface area contributed by atoms with E-state index in [1.807, 2.05) is 0 Å². The van der Waals surface area contributed by atoms with Crippen molar-refractivity contribution in [2.24, 2.45) is 0 Å². The number of hydrogen-bond donors (Lipinski definition) is 0. The molecule has 27 heavy (non-hydrogen) atoms. The molecule has 0 amide bonds. The normalized spacial score (nSPS) is 11.6. The van der Waals surface area contributed by atoms with Crippen molar-refractivity contribution in [3.8, 4) is 5.82 Å². The third-order valence-electron chi connectivity index (χ3n) is 3.29. The molecule has 0 aliphatic carbocycles. The van der Waals surface area contributed by atoms with Gasteiger partial charge in [0.25, 0.3) is 5.56 Å². The summed E-state index contributed by atoms with van der Waals surface area (Å²) >= 11 is 6.74. The number of nitrogens with zero attached hydrogens (tertiary/aromatic N) is 3. The van der Waals surface area contributed by atoms with Gasteiger partial charge in [0.05, 0.1) is 16.7 Å². The van der Waals surface area contributed by atoms with Crippen LogP contribution in [0.3, 0.4) is 0 Å². The lowest BCUT2D eigenvalue weighted by atomic mass is 10.3. The first-order chi connectivity index (χ1) is 12.7. The maximum absolute atomic E-state index is 13.7. The summed E-state index contributed by atoms with van der Waals surface area (Å²) in [5, 5.41) is 3.47. The van der Waals surface area contributed by atoms with E-state index in [9.17, 15) is 26.7 Å². The largest absolute Gasteiger partial charge is 0.417 e. The predicted molar refractivity (Wildman–Crippen MR) is 88.1 cm³/mol. The van der Waals surface area contributed by atoms with Gasteiger partial charge in [0.2, 0.25) is 0 Å². The minimum absolute atomic E-state index is 0.0184. The van der Waals surface area contributed by atoms with Crippen LogP contribution in [0.5, 0.6) is 0 Å². The summed E-state index contributed by atoms with van der Waals surface area (Å²) in [5.41, 5.74) is -1.83. The molecule has 0 unspecified atom stereocenters. The molecule has 0 atom stereocenters. The summed E-state index contributed by atoms with van der Waals surface area (Å²) in [5.74, 6) is -1.77. The summed E-state index contributed by atoms with van der Waals surface area (Å²) < 4.78 is 65.1. The fraction of sp³-hybridized carbons (Fsp3) is 0.0625. The molecule has 140 valence electrons. The van der Waals surface area contributed by atoms with E-state index in [0.29, 0.717) is 16.9 Å². The van der Waals surface area contributed by atoms with Gasteiger partial charge in [-0.2, -0.15) is 23.0 Å². The van der Waals surface area contributed by atoms with Gasteiger partial charge in [0.1, 0.15) is 16.7 Å². The standard InChI is InChI=1S/C16H7ClF5N3OS/c17-14-12(27-11-3-2-9(18)5-10(11)19)7-24-25(15(14)26)13-4-1-8(6-23-13)16(20,21)22/h1-7H. The van der Waals surface area contributed by atoms with Gasteiger partial charge in [0.15, 0.2) is 5.82 Å². The maximum atomic E-state index is 13.7. The summed E-state index contributed by atoms with van der Waals surface area (Å²) in [6.45, 7) is 0. The molecule has 0 bridgehead atoms. The Kier molecular flexibility index (Phi) is 5.20. The maximum Gasteiger partial charge on any atom is 0.417 e. The highest BCUT2D eigenvalue weighted by Gasteiger charge is 2.30. The smallest absolute Gasteiger partial charge is 0.266 e. The van der Waals surface area contributed by atoms with E-state index in [-0.39, 0.29) is 20.6 Å². The predicted octanol–water partition coefficient (Wildman–Crippen LogP) is 4.73. The van der Waals surface area contributed by atoms with Crippen LogP contribution in [0.4, 0.5) is 22.0 Å². The molecular formula is C16H7ClF5N3OS. The molecule has 0 aliphatic rings. The number of halogens is 6. The van der Waals surface area contributed by atoms with Crippen LogP contribution in [0, 0.1) is 11.6 Å². The van der Waals surface area contributed by atoms with Crippen LogP contribution in [-0.2, 0) is 6.18 Å². The van der Waals surface area contributed by atoms with E-state index in [1.165, 1.54) is 6.07 Å². The van der Waals surface area contributed by atoms with Crippen molar-refractivity contribution in [1.29, 1.82) is 0 Å². The highest BCUT2D eigenvalue weighted by Crippen LogP contribution is 2.33. The van der Waals surface area contributed by atoms with Crippen LogP contribution < -0.4 is 5.56 Å². The SMILES string of the molecule is O=c1c(Cl)c(Sc2ccc(F)cc2F)cnn1-c1ccc(C(F)(F)F)cn1. The second-order valence-corrected chi connectivity index (χ2v) is 6.58. The van der Waals surface area contributed by atoms with Crippen LogP contribution in [0.2, 0.25) is 5.02 Å². The lowest BCUT2D eigenvalue weighted by Crippen LogP contribution is -2.23. The van der Waals surface area contributed by atoms with Crippen molar-refractivity contribution < 1.29 is 22.0 Å². The van der Waals surface area contributed by atoms with Gasteiger partial charge in [-0.25, -0.2) is 13.8 Å². The molecule has 3 rings (SSSR count). The van der Waals surface area contributed by atoms with Crippen LogP contribution in [-0.4, -0.2) is 14.8 Å². The van der Waals surface area contributed by atoms with E-state index in [4.69, 9.17) is 11.6 Å². The van der Waals surface area contributed by atoms with E-state index < -0.39 is 28.9 Å². The summed E-state index contributed by atoms with van der Waals surface area (Å²) in [6.07, 6.45) is -2.87. The number of aromatic nitrogens is 3. The van der Waals surface area contributed by atoms with E-state index in [2.05, 4.69) is 10.1 Å². The lowest BCUT2D eigenvalue weighted by molar-refractivity contribution is -0.137. The molecule has 0 aliphatic heterocycles. The van der Waals surface area contributed by atoms with E-state index in [1.54, 1.807) is 0 Å². The van der Waals surface area contributed by atoms with E-state index >= 15 is 0 Å². The van der Waals surface area contributed by atoms with Crippen molar-refractivity contribution in [2.45, 2.75) is 16.0 Å². The molecule has 0 radical (unpaired) electrons. The molecule has 11 heteroatoms. The van der Waals surface area contributed by atoms with Gasteiger partial charge in [0, 0.05) is 17.2 Å². The first-order valence-corrected chi connectivity index (χ1v) is 8.30. The quantitative estimate of drug-likeness (QED) is 0.576. The topological polar surface area (TPSA) is 47.8 Å². The van der Waals surface area contributed by atoms with Crippen LogP contribution in [0.1, 0.15) is 5.56 Å². The Bertz CT molecular complexity index is 1050. The van der Waals surface area contributed by atoms with Crippen molar-refractivity contribution in [3.63, 3.8) is 0 Å². The van der Waals surface area contributed by atoms with Crippen molar-refractivity contribution in [3.05, 3.63) is 75.3 Å². The Labute approximate surface area is 157 Å². The molecule has 1 aromatic carbocycles. The number of pyridine rings is 1. The Morgan fingerprint density at radius 3 is 2.37 bits per heavy atom. The van der Waals surface area contributed by atoms with Crippen LogP contribution >= 0.6 is 23.4 Å². The Hall–Kier alpha value is -2.46.